The lowest BCUT2D eigenvalue weighted by atomic mass is 9.76. The van der Waals surface area contributed by atoms with Gasteiger partial charge in [-0.2, -0.15) is 0 Å². The molecular formula is C15H25NO. The molecule has 0 aliphatic rings. The van der Waals surface area contributed by atoms with Crippen LogP contribution in [0.3, 0.4) is 0 Å². The molecule has 0 saturated carbocycles. The van der Waals surface area contributed by atoms with Gasteiger partial charge in [0.25, 0.3) is 0 Å². The molecule has 0 bridgehead atoms. The molecule has 2 nitrogen and oxygen atoms in total. The summed E-state index contributed by atoms with van der Waals surface area (Å²) in [6, 6.07) is 0. The Morgan fingerprint density at radius 2 is 2.12 bits per heavy atom. The maximum Gasteiger partial charge on any atom is 0.128 e. The van der Waals surface area contributed by atoms with Gasteiger partial charge in [0.1, 0.15) is 12.0 Å². The number of aromatic nitrogens is 1. The molecule has 0 saturated heterocycles. The average molecular weight is 235 g/mol. The van der Waals surface area contributed by atoms with Crippen LogP contribution >= 0.6 is 0 Å². The van der Waals surface area contributed by atoms with Gasteiger partial charge in [0.15, 0.2) is 0 Å². The molecule has 17 heavy (non-hydrogen) atoms. The van der Waals surface area contributed by atoms with Crippen LogP contribution in [0.1, 0.15) is 70.6 Å². The van der Waals surface area contributed by atoms with E-state index in [-0.39, 0.29) is 5.41 Å². The van der Waals surface area contributed by atoms with E-state index in [1.54, 1.807) is 12.3 Å². The first-order valence-electron chi connectivity index (χ1n) is 6.75. The molecule has 0 aliphatic heterocycles. The summed E-state index contributed by atoms with van der Waals surface area (Å²) in [5.41, 5.74) is 2.30. The molecule has 0 N–H and O–H groups in total. The van der Waals surface area contributed by atoms with Crippen molar-refractivity contribution in [1.82, 2.24) is 5.16 Å². The predicted molar refractivity (Wildman–Crippen MR) is 73.0 cm³/mol. The monoisotopic (exact) mass is 235 g/mol. The van der Waals surface area contributed by atoms with Gasteiger partial charge in [-0.05, 0) is 24.3 Å². The van der Waals surface area contributed by atoms with Crippen molar-refractivity contribution in [3.05, 3.63) is 24.1 Å². The molecule has 0 aliphatic carbocycles. The van der Waals surface area contributed by atoms with Gasteiger partial charge in [0.05, 0.1) is 0 Å². The smallest absolute Gasteiger partial charge is 0.128 e. The Morgan fingerprint density at radius 3 is 2.71 bits per heavy atom. The predicted octanol–water partition coefficient (Wildman–Crippen LogP) is 4.96. The van der Waals surface area contributed by atoms with E-state index >= 15 is 0 Å². The minimum Gasteiger partial charge on any atom is -0.364 e. The number of hydrogen-bond donors (Lipinski definition) is 0. The lowest BCUT2D eigenvalue weighted by Gasteiger charge is -2.27. The minimum atomic E-state index is 0.178. The van der Waals surface area contributed by atoms with Crippen LogP contribution in [0.15, 0.2) is 17.4 Å². The van der Waals surface area contributed by atoms with Crippen LogP contribution in [0.2, 0.25) is 0 Å². The molecule has 2 heteroatoms. The van der Waals surface area contributed by atoms with Crippen molar-refractivity contribution in [2.24, 2.45) is 0 Å². The van der Waals surface area contributed by atoms with E-state index in [1.165, 1.54) is 37.7 Å². The first kappa shape index (κ1) is 14.0. The quantitative estimate of drug-likeness (QED) is 0.595. The Kier molecular flexibility index (Phi) is 5.46. The summed E-state index contributed by atoms with van der Waals surface area (Å²) in [5.74, 6) is 0. The van der Waals surface area contributed by atoms with E-state index in [1.807, 2.05) is 0 Å². The van der Waals surface area contributed by atoms with Crippen LogP contribution in [0, 0.1) is 0 Å². The van der Waals surface area contributed by atoms with E-state index in [2.05, 4.69) is 32.5 Å². The average Bonchev–Trinajstić information content (AvgIpc) is 2.83. The van der Waals surface area contributed by atoms with Crippen molar-refractivity contribution in [1.29, 1.82) is 0 Å². The molecular weight excluding hydrogens is 210 g/mol. The van der Waals surface area contributed by atoms with Crippen molar-refractivity contribution in [2.45, 2.75) is 64.7 Å². The molecule has 0 fully saturated rings. The summed E-state index contributed by atoms with van der Waals surface area (Å²) >= 11 is 0. The van der Waals surface area contributed by atoms with Crippen LogP contribution in [0.5, 0.6) is 0 Å². The standard InChI is InChI=1S/C15H25NO/c1-5-8-9-10-11-15(4,7-3)13-12-17-16-14(13)6-2/h6,12H,2,5,7-11H2,1,3-4H3. The maximum absolute atomic E-state index is 5.09. The third kappa shape index (κ3) is 3.45. The fourth-order valence-electron chi connectivity index (χ4n) is 2.29. The van der Waals surface area contributed by atoms with Crippen molar-refractivity contribution in [3.63, 3.8) is 0 Å². The molecule has 1 aromatic heterocycles. The van der Waals surface area contributed by atoms with E-state index in [4.69, 9.17) is 4.52 Å². The zero-order chi connectivity index (χ0) is 12.7. The topological polar surface area (TPSA) is 26.0 Å². The Bertz CT molecular complexity index is 342. The molecule has 0 radical (unpaired) electrons. The highest BCUT2D eigenvalue weighted by atomic mass is 16.5. The zero-order valence-corrected chi connectivity index (χ0v) is 11.5. The molecule has 1 aromatic rings. The third-order valence-corrected chi connectivity index (χ3v) is 3.80. The van der Waals surface area contributed by atoms with Crippen molar-refractivity contribution in [3.8, 4) is 0 Å². The number of hydrogen-bond acceptors (Lipinski definition) is 2. The van der Waals surface area contributed by atoms with Crippen LogP contribution in [-0.2, 0) is 5.41 Å². The first-order chi connectivity index (χ1) is 8.18. The highest BCUT2D eigenvalue weighted by Crippen LogP contribution is 2.35. The molecule has 1 unspecified atom stereocenters. The van der Waals surface area contributed by atoms with Crippen molar-refractivity contribution in [2.75, 3.05) is 0 Å². The highest BCUT2D eigenvalue weighted by Gasteiger charge is 2.28. The molecule has 1 rings (SSSR count). The summed E-state index contributed by atoms with van der Waals surface area (Å²) in [5, 5.41) is 4.00. The Morgan fingerprint density at radius 1 is 1.35 bits per heavy atom. The van der Waals surface area contributed by atoms with Crippen LogP contribution < -0.4 is 0 Å². The largest absolute Gasteiger partial charge is 0.364 e. The Labute approximate surface area is 105 Å². The molecule has 0 spiro atoms. The lowest BCUT2D eigenvalue weighted by Crippen LogP contribution is -2.21. The second kappa shape index (κ2) is 6.63. The van der Waals surface area contributed by atoms with Gasteiger partial charge in [-0.25, -0.2) is 0 Å². The molecule has 1 heterocycles. The summed E-state index contributed by atoms with van der Waals surface area (Å²) in [6.45, 7) is 10.6. The first-order valence-corrected chi connectivity index (χ1v) is 6.75. The van der Waals surface area contributed by atoms with E-state index in [0.29, 0.717) is 0 Å². The van der Waals surface area contributed by atoms with Crippen molar-refractivity contribution >= 4 is 6.08 Å². The molecule has 1 atom stereocenters. The van der Waals surface area contributed by atoms with E-state index < -0.39 is 0 Å². The second-order valence-electron chi connectivity index (χ2n) is 5.04. The van der Waals surface area contributed by atoms with Gasteiger partial charge >= 0.3 is 0 Å². The number of unbranched alkanes of at least 4 members (excludes halogenated alkanes) is 3. The minimum absolute atomic E-state index is 0.178. The lowest BCUT2D eigenvalue weighted by molar-refractivity contribution is 0.384. The van der Waals surface area contributed by atoms with E-state index in [9.17, 15) is 0 Å². The van der Waals surface area contributed by atoms with Gasteiger partial charge in [-0.1, -0.05) is 58.2 Å². The van der Waals surface area contributed by atoms with Gasteiger partial charge in [-0.3, -0.25) is 0 Å². The SMILES string of the molecule is C=Cc1nocc1C(C)(CC)CCCCCC. The molecule has 96 valence electrons. The van der Waals surface area contributed by atoms with Crippen molar-refractivity contribution < 1.29 is 4.52 Å². The highest BCUT2D eigenvalue weighted by molar-refractivity contribution is 5.48. The van der Waals surface area contributed by atoms with Crippen LogP contribution in [0.25, 0.3) is 6.08 Å². The fraction of sp³-hybridized carbons (Fsp3) is 0.667. The number of rotatable bonds is 8. The summed E-state index contributed by atoms with van der Waals surface area (Å²) in [4.78, 5) is 0. The normalized spacial score (nSPS) is 14.5. The molecule has 0 amide bonds. The van der Waals surface area contributed by atoms with Gasteiger partial charge in [0.2, 0.25) is 0 Å². The summed E-state index contributed by atoms with van der Waals surface area (Å²) in [7, 11) is 0. The fourth-order valence-corrected chi connectivity index (χ4v) is 2.29. The van der Waals surface area contributed by atoms with Crippen LogP contribution in [0.4, 0.5) is 0 Å². The summed E-state index contributed by atoms with van der Waals surface area (Å²) < 4.78 is 5.09. The van der Waals surface area contributed by atoms with Gasteiger partial charge in [-0.15, -0.1) is 0 Å². The van der Waals surface area contributed by atoms with Gasteiger partial charge < -0.3 is 4.52 Å². The Hall–Kier alpha value is -1.05. The third-order valence-electron chi connectivity index (χ3n) is 3.80. The van der Waals surface area contributed by atoms with Crippen LogP contribution in [-0.4, -0.2) is 5.16 Å². The molecule has 0 aromatic carbocycles. The van der Waals surface area contributed by atoms with Gasteiger partial charge in [0, 0.05) is 5.56 Å². The second-order valence-corrected chi connectivity index (χ2v) is 5.04. The maximum atomic E-state index is 5.09. The number of nitrogens with zero attached hydrogens (tertiary/aromatic N) is 1. The van der Waals surface area contributed by atoms with E-state index in [0.717, 1.165) is 12.1 Å². The Balaban J connectivity index is 2.70. The summed E-state index contributed by atoms with van der Waals surface area (Å²) in [6.07, 6.45) is 11.1. The zero-order valence-electron chi connectivity index (χ0n) is 11.5.